The first-order valence-electron chi connectivity index (χ1n) is 7.31. The molecule has 21 heavy (non-hydrogen) atoms. The van der Waals surface area contributed by atoms with Crippen molar-refractivity contribution < 1.29 is 9.47 Å². The SMILES string of the molecule is CCCOc1ccc(-c2csc(NC)n2)cc1OCCC. The molecule has 1 aromatic carbocycles. The van der Waals surface area contributed by atoms with Gasteiger partial charge in [0.1, 0.15) is 0 Å². The highest BCUT2D eigenvalue weighted by Gasteiger charge is 2.10. The molecule has 5 heteroatoms. The van der Waals surface area contributed by atoms with E-state index in [1.807, 2.05) is 30.6 Å². The lowest BCUT2D eigenvalue weighted by molar-refractivity contribution is 0.268. The van der Waals surface area contributed by atoms with Crippen LogP contribution in [0, 0.1) is 0 Å². The van der Waals surface area contributed by atoms with Crippen molar-refractivity contribution in [2.24, 2.45) is 0 Å². The fourth-order valence-corrected chi connectivity index (χ4v) is 2.53. The van der Waals surface area contributed by atoms with Gasteiger partial charge in [0.2, 0.25) is 0 Å². The largest absolute Gasteiger partial charge is 0.490 e. The zero-order valence-electron chi connectivity index (χ0n) is 12.8. The van der Waals surface area contributed by atoms with Crippen molar-refractivity contribution in [3.8, 4) is 22.8 Å². The van der Waals surface area contributed by atoms with Gasteiger partial charge in [0.05, 0.1) is 18.9 Å². The molecule has 1 aromatic heterocycles. The zero-order valence-corrected chi connectivity index (χ0v) is 13.6. The fourth-order valence-electron chi connectivity index (χ4n) is 1.84. The number of nitrogens with one attached hydrogen (secondary N) is 1. The smallest absolute Gasteiger partial charge is 0.182 e. The maximum Gasteiger partial charge on any atom is 0.182 e. The predicted octanol–water partition coefficient (Wildman–Crippen LogP) is 4.43. The van der Waals surface area contributed by atoms with E-state index in [1.54, 1.807) is 11.3 Å². The molecule has 1 heterocycles. The molecule has 0 unspecified atom stereocenters. The standard InChI is InChI=1S/C16H22N2O2S/c1-4-8-19-14-7-6-12(10-15(14)20-9-5-2)13-11-21-16(17-3)18-13/h6-7,10-11H,4-5,8-9H2,1-3H3,(H,17,18). The predicted molar refractivity (Wildman–Crippen MR) is 88.7 cm³/mol. The number of anilines is 1. The van der Waals surface area contributed by atoms with Crippen molar-refractivity contribution in [3.05, 3.63) is 23.6 Å². The molecule has 0 aliphatic rings. The second kappa shape index (κ2) is 7.88. The lowest BCUT2D eigenvalue weighted by Gasteiger charge is -2.13. The summed E-state index contributed by atoms with van der Waals surface area (Å²) in [5, 5.41) is 6.01. The van der Waals surface area contributed by atoms with E-state index in [1.165, 1.54) is 0 Å². The molecule has 2 aromatic rings. The summed E-state index contributed by atoms with van der Waals surface area (Å²) in [5.41, 5.74) is 2.00. The van der Waals surface area contributed by atoms with Crippen LogP contribution in [0.25, 0.3) is 11.3 Å². The Morgan fingerprint density at radius 3 is 2.43 bits per heavy atom. The van der Waals surface area contributed by atoms with Crippen LogP contribution in [0.15, 0.2) is 23.6 Å². The molecule has 0 saturated carbocycles. The van der Waals surface area contributed by atoms with Crippen LogP contribution in [-0.4, -0.2) is 25.2 Å². The fraction of sp³-hybridized carbons (Fsp3) is 0.438. The van der Waals surface area contributed by atoms with Gasteiger partial charge >= 0.3 is 0 Å². The number of nitrogens with zero attached hydrogens (tertiary/aromatic N) is 1. The van der Waals surface area contributed by atoms with E-state index < -0.39 is 0 Å². The van der Waals surface area contributed by atoms with Crippen molar-refractivity contribution in [1.29, 1.82) is 0 Å². The van der Waals surface area contributed by atoms with Gasteiger partial charge in [-0.05, 0) is 31.0 Å². The Morgan fingerprint density at radius 2 is 1.81 bits per heavy atom. The van der Waals surface area contributed by atoms with Gasteiger partial charge in [-0.1, -0.05) is 13.8 Å². The Morgan fingerprint density at radius 1 is 1.10 bits per heavy atom. The zero-order chi connectivity index (χ0) is 15.1. The van der Waals surface area contributed by atoms with Crippen molar-refractivity contribution in [1.82, 2.24) is 4.98 Å². The summed E-state index contributed by atoms with van der Waals surface area (Å²) in [6, 6.07) is 6.00. The van der Waals surface area contributed by atoms with Crippen LogP contribution in [-0.2, 0) is 0 Å². The average molecular weight is 306 g/mol. The highest BCUT2D eigenvalue weighted by Crippen LogP contribution is 2.34. The average Bonchev–Trinajstić information content (AvgIpc) is 3.00. The molecule has 0 aliphatic heterocycles. The molecule has 2 rings (SSSR count). The van der Waals surface area contributed by atoms with E-state index in [4.69, 9.17) is 9.47 Å². The molecule has 4 nitrogen and oxygen atoms in total. The third-order valence-electron chi connectivity index (χ3n) is 2.88. The lowest BCUT2D eigenvalue weighted by atomic mass is 10.1. The minimum absolute atomic E-state index is 0.685. The normalized spacial score (nSPS) is 10.4. The van der Waals surface area contributed by atoms with Gasteiger partial charge < -0.3 is 14.8 Å². The van der Waals surface area contributed by atoms with E-state index in [2.05, 4.69) is 24.1 Å². The lowest BCUT2D eigenvalue weighted by Crippen LogP contribution is -2.01. The minimum Gasteiger partial charge on any atom is -0.490 e. The van der Waals surface area contributed by atoms with E-state index in [0.717, 1.165) is 40.7 Å². The maximum absolute atomic E-state index is 5.81. The third-order valence-corrected chi connectivity index (χ3v) is 3.74. The minimum atomic E-state index is 0.685. The Balaban J connectivity index is 2.26. The van der Waals surface area contributed by atoms with Crippen LogP contribution in [0.1, 0.15) is 26.7 Å². The maximum atomic E-state index is 5.81. The summed E-state index contributed by atoms with van der Waals surface area (Å²) >= 11 is 1.59. The van der Waals surface area contributed by atoms with Crippen LogP contribution in [0.2, 0.25) is 0 Å². The van der Waals surface area contributed by atoms with Gasteiger partial charge in [-0.3, -0.25) is 0 Å². The quantitative estimate of drug-likeness (QED) is 0.783. The molecular formula is C16H22N2O2S. The Kier molecular flexibility index (Phi) is 5.87. The molecule has 1 N–H and O–H groups in total. The van der Waals surface area contributed by atoms with Gasteiger partial charge in [-0.15, -0.1) is 11.3 Å². The summed E-state index contributed by atoms with van der Waals surface area (Å²) in [6.45, 7) is 5.57. The van der Waals surface area contributed by atoms with Crippen molar-refractivity contribution in [3.63, 3.8) is 0 Å². The first-order valence-corrected chi connectivity index (χ1v) is 8.19. The molecular weight excluding hydrogens is 284 g/mol. The van der Waals surface area contributed by atoms with E-state index in [9.17, 15) is 0 Å². The molecule has 0 aliphatic carbocycles. The molecule has 114 valence electrons. The van der Waals surface area contributed by atoms with Crippen molar-refractivity contribution in [2.45, 2.75) is 26.7 Å². The number of ether oxygens (including phenoxy) is 2. The number of thiazole rings is 1. The molecule has 0 fully saturated rings. The first-order chi connectivity index (χ1) is 10.3. The summed E-state index contributed by atoms with van der Waals surface area (Å²) < 4.78 is 11.6. The summed E-state index contributed by atoms with van der Waals surface area (Å²) in [6.07, 6.45) is 1.95. The van der Waals surface area contributed by atoms with Gasteiger partial charge in [0.15, 0.2) is 16.6 Å². The Labute approximate surface area is 130 Å². The first kappa shape index (κ1) is 15.6. The monoisotopic (exact) mass is 306 g/mol. The third kappa shape index (κ3) is 4.11. The number of aromatic nitrogens is 1. The van der Waals surface area contributed by atoms with Gasteiger partial charge in [-0.25, -0.2) is 4.98 Å². The van der Waals surface area contributed by atoms with E-state index >= 15 is 0 Å². The number of hydrogen-bond donors (Lipinski definition) is 1. The second-order valence-electron chi connectivity index (χ2n) is 4.65. The molecule has 0 saturated heterocycles. The summed E-state index contributed by atoms with van der Waals surface area (Å²) in [4.78, 5) is 4.52. The number of rotatable bonds is 8. The summed E-state index contributed by atoms with van der Waals surface area (Å²) in [5.74, 6) is 1.60. The topological polar surface area (TPSA) is 43.4 Å². The summed E-state index contributed by atoms with van der Waals surface area (Å²) in [7, 11) is 1.88. The van der Waals surface area contributed by atoms with Crippen LogP contribution in [0.3, 0.4) is 0 Å². The molecule has 0 amide bonds. The molecule has 0 bridgehead atoms. The molecule has 0 spiro atoms. The Bertz CT molecular complexity index is 569. The molecule has 0 atom stereocenters. The van der Waals surface area contributed by atoms with E-state index in [-0.39, 0.29) is 0 Å². The van der Waals surface area contributed by atoms with Crippen molar-refractivity contribution >= 4 is 16.5 Å². The molecule has 0 radical (unpaired) electrons. The number of hydrogen-bond acceptors (Lipinski definition) is 5. The van der Waals surface area contributed by atoms with E-state index in [0.29, 0.717) is 13.2 Å². The Hall–Kier alpha value is -1.75. The second-order valence-corrected chi connectivity index (χ2v) is 5.50. The van der Waals surface area contributed by atoms with Crippen LogP contribution >= 0.6 is 11.3 Å². The van der Waals surface area contributed by atoms with Gasteiger partial charge in [0, 0.05) is 18.0 Å². The highest BCUT2D eigenvalue weighted by atomic mass is 32.1. The van der Waals surface area contributed by atoms with Crippen LogP contribution in [0.4, 0.5) is 5.13 Å². The van der Waals surface area contributed by atoms with Crippen LogP contribution < -0.4 is 14.8 Å². The number of benzene rings is 1. The highest BCUT2D eigenvalue weighted by molar-refractivity contribution is 7.14. The van der Waals surface area contributed by atoms with Gasteiger partial charge in [0.25, 0.3) is 0 Å². The van der Waals surface area contributed by atoms with Gasteiger partial charge in [-0.2, -0.15) is 0 Å². The van der Waals surface area contributed by atoms with Crippen LogP contribution in [0.5, 0.6) is 11.5 Å². The van der Waals surface area contributed by atoms with Crippen molar-refractivity contribution in [2.75, 3.05) is 25.6 Å².